The Bertz CT molecular complexity index is 204. The predicted octanol–water partition coefficient (Wildman–Crippen LogP) is -0.0534. The van der Waals surface area contributed by atoms with Gasteiger partial charge in [0.15, 0.2) is 0 Å². The Labute approximate surface area is 64.5 Å². The molecule has 0 aliphatic carbocycles. The first-order valence-corrected chi connectivity index (χ1v) is 3.80. The number of carbonyl (C=O) groups is 2. The lowest BCUT2D eigenvalue weighted by molar-refractivity contribution is -0.121. The number of rotatable bonds is 0. The van der Waals surface area contributed by atoms with Crippen molar-refractivity contribution in [3.05, 3.63) is 0 Å². The molecule has 1 N–H and O–H groups in total. The smallest absolute Gasteiger partial charge is 0.312 e. The Morgan fingerprint density at radius 3 is 2.91 bits per heavy atom. The molecule has 0 aromatic heterocycles. The number of imide groups is 1. The van der Waals surface area contributed by atoms with E-state index in [-0.39, 0.29) is 18.0 Å². The maximum Gasteiger partial charge on any atom is 0.324 e. The fraction of sp³-hybridized carbons (Fsp3) is 0.714. The van der Waals surface area contributed by atoms with Crippen LogP contribution in [0.1, 0.15) is 13.3 Å². The SMILES string of the molecule is C[C@H]1C[C@H]2C(=O)NC(=O)N2C1. The van der Waals surface area contributed by atoms with E-state index in [0.29, 0.717) is 5.92 Å². The molecule has 0 saturated carbocycles. The van der Waals surface area contributed by atoms with Crippen LogP contribution < -0.4 is 5.32 Å². The van der Waals surface area contributed by atoms with Gasteiger partial charge in [-0.2, -0.15) is 0 Å². The van der Waals surface area contributed by atoms with Crippen molar-refractivity contribution in [2.24, 2.45) is 5.92 Å². The zero-order valence-electron chi connectivity index (χ0n) is 6.33. The van der Waals surface area contributed by atoms with Crippen molar-refractivity contribution in [1.82, 2.24) is 10.2 Å². The third-order valence-electron chi connectivity index (χ3n) is 2.30. The molecule has 0 aromatic rings. The van der Waals surface area contributed by atoms with E-state index in [1.807, 2.05) is 0 Å². The van der Waals surface area contributed by atoms with Crippen LogP contribution in [0.2, 0.25) is 0 Å². The van der Waals surface area contributed by atoms with Crippen LogP contribution in [0.25, 0.3) is 0 Å². The van der Waals surface area contributed by atoms with Crippen LogP contribution in [0, 0.1) is 5.92 Å². The second-order valence-corrected chi connectivity index (χ2v) is 3.30. The van der Waals surface area contributed by atoms with E-state index in [1.54, 1.807) is 4.90 Å². The molecule has 4 heteroatoms. The fourth-order valence-electron chi connectivity index (χ4n) is 1.78. The van der Waals surface area contributed by atoms with E-state index >= 15 is 0 Å². The number of amides is 3. The molecule has 2 fully saturated rings. The number of nitrogens with zero attached hydrogens (tertiary/aromatic N) is 1. The van der Waals surface area contributed by atoms with E-state index in [1.165, 1.54) is 0 Å². The maximum absolute atomic E-state index is 11.0. The van der Waals surface area contributed by atoms with Crippen LogP contribution >= 0.6 is 0 Å². The Morgan fingerprint density at radius 2 is 2.27 bits per heavy atom. The summed E-state index contributed by atoms with van der Waals surface area (Å²) >= 11 is 0. The largest absolute Gasteiger partial charge is 0.324 e. The van der Waals surface area contributed by atoms with Crippen molar-refractivity contribution in [1.29, 1.82) is 0 Å². The molecule has 2 aliphatic rings. The number of nitrogens with one attached hydrogen (secondary N) is 1. The van der Waals surface area contributed by atoms with E-state index in [2.05, 4.69) is 12.2 Å². The monoisotopic (exact) mass is 154 g/mol. The summed E-state index contributed by atoms with van der Waals surface area (Å²) in [5, 5.41) is 2.29. The molecule has 2 saturated heterocycles. The highest BCUT2D eigenvalue weighted by atomic mass is 16.2. The first kappa shape index (κ1) is 6.64. The van der Waals surface area contributed by atoms with Crippen molar-refractivity contribution in [3.8, 4) is 0 Å². The number of hydrogen-bond donors (Lipinski definition) is 1. The Balaban J connectivity index is 2.23. The summed E-state index contributed by atoms with van der Waals surface area (Å²) in [7, 11) is 0. The van der Waals surface area contributed by atoms with Crippen molar-refractivity contribution >= 4 is 11.9 Å². The molecule has 2 aliphatic heterocycles. The van der Waals surface area contributed by atoms with Gasteiger partial charge in [0, 0.05) is 6.54 Å². The summed E-state index contributed by atoms with van der Waals surface area (Å²) in [6, 6.07) is -0.387. The van der Waals surface area contributed by atoms with Crippen molar-refractivity contribution < 1.29 is 9.59 Å². The van der Waals surface area contributed by atoms with Gasteiger partial charge in [0.2, 0.25) is 0 Å². The first-order valence-electron chi connectivity index (χ1n) is 3.80. The van der Waals surface area contributed by atoms with Gasteiger partial charge in [-0.1, -0.05) is 6.92 Å². The molecule has 4 nitrogen and oxygen atoms in total. The molecule has 3 amide bonds. The van der Waals surface area contributed by atoms with Gasteiger partial charge in [-0.05, 0) is 12.3 Å². The molecule has 11 heavy (non-hydrogen) atoms. The van der Waals surface area contributed by atoms with Crippen LogP contribution in [-0.4, -0.2) is 29.4 Å². The number of carbonyl (C=O) groups excluding carboxylic acids is 2. The Morgan fingerprint density at radius 1 is 1.55 bits per heavy atom. The number of hydrogen-bond acceptors (Lipinski definition) is 2. The molecule has 0 unspecified atom stereocenters. The van der Waals surface area contributed by atoms with Crippen LogP contribution in [0.15, 0.2) is 0 Å². The van der Waals surface area contributed by atoms with Crippen molar-refractivity contribution in [2.75, 3.05) is 6.54 Å². The third-order valence-corrected chi connectivity index (χ3v) is 2.30. The molecular weight excluding hydrogens is 144 g/mol. The maximum atomic E-state index is 11.0. The number of fused-ring (bicyclic) bond motifs is 1. The summed E-state index contributed by atoms with van der Waals surface area (Å²) < 4.78 is 0. The minimum atomic E-state index is -0.218. The summed E-state index contributed by atoms with van der Waals surface area (Å²) in [5.41, 5.74) is 0. The predicted molar refractivity (Wildman–Crippen MR) is 37.8 cm³/mol. The molecule has 2 rings (SSSR count). The highest BCUT2D eigenvalue weighted by Crippen LogP contribution is 2.25. The Kier molecular flexibility index (Phi) is 1.19. The van der Waals surface area contributed by atoms with Gasteiger partial charge < -0.3 is 4.90 Å². The molecule has 2 heterocycles. The topological polar surface area (TPSA) is 49.4 Å². The third kappa shape index (κ3) is 0.818. The molecule has 0 radical (unpaired) electrons. The average Bonchev–Trinajstić information content (AvgIpc) is 2.38. The van der Waals surface area contributed by atoms with Gasteiger partial charge >= 0.3 is 6.03 Å². The summed E-state index contributed by atoms with van der Waals surface area (Å²) in [6.45, 7) is 2.78. The van der Waals surface area contributed by atoms with Gasteiger partial charge in [0.05, 0.1) is 0 Å². The Hall–Kier alpha value is -1.06. The first-order chi connectivity index (χ1) is 5.18. The zero-order chi connectivity index (χ0) is 8.01. The van der Waals surface area contributed by atoms with Crippen LogP contribution in [0.3, 0.4) is 0 Å². The fourth-order valence-corrected chi connectivity index (χ4v) is 1.78. The van der Waals surface area contributed by atoms with Gasteiger partial charge in [0.25, 0.3) is 5.91 Å². The number of urea groups is 1. The molecular formula is C7H10N2O2. The molecule has 0 spiro atoms. The highest BCUT2D eigenvalue weighted by Gasteiger charge is 2.43. The van der Waals surface area contributed by atoms with Gasteiger partial charge in [-0.25, -0.2) is 4.79 Å². The van der Waals surface area contributed by atoms with Crippen LogP contribution in [-0.2, 0) is 4.79 Å². The molecule has 60 valence electrons. The molecule has 2 atom stereocenters. The van der Waals surface area contributed by atoms with E-state index in [0.717, 1.165) is 13.0 Å². The molecule has 0 aromatic carbocycles. The second kappa shape index (κ2) is 1.96. The summed E-state index contributed by atoms with van der Waals surface area (Å²) in [4.78, 5) is 23.7. The highest BCUT2D eigenvalue weighted by molar-refractivity contribution is 6.04. The summed E-state index contributed by atoms with van der Waals surface area (Å²) in [6.07, 6.45) is 0.817. The quantitative estimate of drug-likeness (QED) is 0.497. The summed E-state index contributed by atoms with van der Waals surface area (Å²) in [5.74, 6) is 0.342. The van der Waals surface area contributed by atoms with Crippen LogP contribution in [0.4, 0.5) is 4.79 Å². The average molecular weight is 154 g/mol. The minimum absolute atomic E-state index is 0.126. The van der Waals surface area contributed by atoms with Gasteiger partial charge in [0.1, 0.15) is 6.04 Å². The van der Waals surface area contributed by atoms with E-state index in [9.17, 15) is 9.59 Å². The van der Waals surface area contributed by atoms with Gasteiger partial charge in [-0.15, -0.1) is 0 Å². The van der Waals surface area contributed by atoms with Gasteiger partial charge in [-0.3, -0.25) is 10.1 Å². The second-order valence-electron chi connectivity index (χ2n) is 3.30. The lowest BCUT2D eigenvalue weighted by atomic mass is 10.1. The van der Waals surface area contributed by atoms with E-state index in [4.69, 9.17) is 0 Å². The minimum Gasteiger partial charge on any atom is -0.312 e. The lowest BCUT2D eigenvalue weighted by Crippen LogP contribution is -2.29. The van der Waals surface area contributed by atoms with Crippen molar-refractivity contribution in [3.63, 3.8) is 0 Å². The standard InChI is InChI=1S/C7H10N2O2/c1-4-2-5-6(10)8-7(11)9(5)3-4/h4-5H,2-3H2,1H3,(H,8,10,11)/t4-,5-/m0/s1. The van der Waals surface area contributed by atoms with E-state index < -0.39 is 0 Å². The van der Waals surface area contributed by atoms with Crippen molar-refractivity contribution in [2.45, 2.75) is 19.4 Å². The lowest BCUT2D eigenvalue weighted by Gasteiger charge is -2.09. The normalized spacial score (nSPS) is 35.9. The zero-order valence-corrected chi connectivity index (χ0v) is 6.33. The molecule has 0 bridgehead atoms. The van der Waals surface area contributed by atoms with Crippen LogP contribution in [0.5, 0.6) is 0 Å².